The van der Waals surface area contributed by atoms with Crippen LogP contribution in [0.15, 0.2) is 29.4 Å². The Bertz CT molecular complexity index is 793. The predicted octanol–water partition coefficient (Wildman–Crippen LogP) is 3.14. The highest BCUT2D eigenvalue weighted by molar-refractivity contribution is 7.98. The van der Waals surface area contributed by atoms with Crippen LogP contribution in [0.5, 0.6) is 0 Å². The van der Waals surface area contributed by atoms with Crippen LogP contribution in [0.3, 0.4) is 0 Å². The van der Waals surface area contributed by atoms with Crippen LogP contribution in [-0.4, -0.2) is 60.3 Å². The molecule has 1 fully saturated rings. The van der Waals surface area contributed by atoms with E-state index in [2.05, 4.69) is 44.3 Å². The van der Waals surface area contributed by atoms with Gasteiger partial charge in [0.15, 0.2) is 5.16 Å². The van der Waals surface area contributed by atoms with Crippen LogP contribution in [0.2, 0.25) is 0 Å². The first-order valence-corrected chi connectivity index (χ1v) is 10.9. The summed E-state index contributed by atoms with van der Waals surface area (Å²) in [6.07, 6.45) is 3.04. The molecule has 3 rings (SSSR count). The number of anilines is 2. The molecule has 1 amide bonds. The second-order valence-electron chi connectivity index (χ2n) is 7.25. The average molecular weight is 400 g/mol. The summed E-state index contributed by atoms with van der Waals surface area (Å²) in [6.45, 7) is 8.21. The van der Waals surface area contributed by atoms with Gasteiger partial charge in [-0.3, -0.25) is 4.79 Å². The molecule has 1 aromatic carbocycles. The number of carbonyl (C=O) groups is 1. The van der Waals surface area contributed by atoms with Crippen LogP contribution in [0, 0.1) is 13.8 Å². The monoisotopic (exact) mass is 399 g/mol. The van der Waals surface area contributed by atoms with Crippen molar-refractivity contribution in [1.29, 1.82) is 0 Å². The van der Waals surface area contributed by atoms with Crippen LogP contribution in [-0.2, 0) is 11.2 Å². The minimum Gasteiger partial charge on any atom is -0.369 e. The number of likely N-dealkylation sites (N-methyl/N-ethyl adjacent to an activating group) is 1. The smallest absolute Gasteiger partial charge is 0.224 e. The van der Waals surface area contributed by atoms with Crippen molar-refractivity contribution in [3.8, 4) is 0 Å². The Balaban J connectivity index is 1.54. The van der Waals surface area contributed by atoms with Gasteiger partial charge in [0.1, 0.15) is 0 Å². The van der Waals surface area contributed by atoms with Crippen molar-refractivity contribution in [3.63, 3.8) is 0 Å². The summed E-state index contributed by atoms with van der Waals surface area (Å²) >= 11 is 1.54. The van der Waals surface area contributed by atoms with Gasteiger partial charge in [-0.1, -0.05) is 11.8 Å². The number of carbonyl (C=O) groups excluding carboxylic acids is 1. The van der Waals surface area contributed by atoms with Crippen molar-refractivity contribution in [3.05, 3.63) is 41.2 Å². The molecule has 1 N–H and O–H groups in total. The molecule has 0 unspecified atom stereocenters. The lowest BCUT2D eigenvalue weighted by atomic mass is 10.1. The van der Waals surface area contributed by atoms with Gasteiger partial charge < -0.3 is 15.1 Å². The van der Waals surface area contributed by atoms with Crippen molar-refractivity contribution in [2.75, 3.05) is 49.7 Å². The van der Waals surface area contributed by atoms with Crippen LogP contribution >= 0.6 is 11.8 Å². The molecule has 1 aromatic heterocycles. The quantitative estimate of drug-likeness (QED) is 0.595. The lowest BCUT2D eigenvalue weighted by Gasteiger charge is -2.34. The van der Waals surface area contributed by atoms with E-state index < -0.39 is 0 Å². The Hall–Kier alpha value is -2.12. The van der Waals surface area contributed by atoms with Gasteiger partial charge >= 0.3 is 0 Å². The van der Waals surface area contributed by atoms with Gasteiger partial charge in [-0.05, 0) is 63.4 Å². The van der Waals surface area contributed by atoms with E-state index in [9.17, 15) is 4.79 Å². The molecular weight excluding hydrogens is 370 g/mol. The second kappa shape index (κ2) is 9.39. The van der Waals surface area contributed by atoms with E-state index in [4.69, 9.17) is 0 Å². The molecule has 1 saturated heterocycles. The van der Waals surface area contributed by atoms with Gasteiger partial charge in [0.2, 0.25) is 5.91 Å². The molecular formula is C21H29N5OS. The fraction of sp³-hybridized carbons (Fsp3) is 0.476. The number of piperazine rings is 1. The summed E-state index contributed by atoms with van der Waals surface area (Å²) in [4.78, 5) is 26.1. The lowest BCUT2D eigenvalue weighted by molar-refractivity contribution is -0.116. The van der Waals surface area contributed by atoms with Crippen molar-refractivity contribution < 1.29 is 4.79 Å². The van der Waals surface area contributed by atoms with E-state index in [1.165, 1.54) is 17.4 Å². The first-order chi connectivity index (χ1) is 13.5. The zero-order valence-electron chi connectivity index (χ0n) is 17.2. The fourth-order valence-corrected chi connectivity index (χ4v) is 3.90. The summed E-state index contributed by atoms with van der Waals surface area (Å²) < 4.78 is 0. The molecule has 2 heterocycles. The SMILES string of the molecule is CSc1nc(C)c(CCC(=O)Nc2ccc(N3CCN(C)CC3)cc2)c(C)n1. The highest BCUT2D eigenvalue weighted by atomic mass is 32.2. The minimum absolute atomic E-state index is 0.0140. The Kier molecular flexibility index (Phi) is 6.91. The fourth-order valence-electron chi connectivity index (χ4n) is 3.44. The number of nitrogens with zero attached hydrogens (tertiary/aromatic N) is 4. The maximum atomic E-state index is 12.4. The van der Waals surface area contributed by atoms with Crippen LogP contribution < -0.4 is 10.2 Å². The third-order valence-corrected chi connectivity index (χ3v) is 5.75. The molecule has 0 radical (unpaired) electrons. The minimum atomic E-state index is 0.0140. The number of rotatable bonds is 6. The van der Waals surface area contributed by atoms with E-state index in [-0.39, 0.29) is 5.91 Å². The number of hydrogen-bond donors (Lipinski definition) is 1. The lowest BCUT2D eigenvalue weighted by Crippen LogP contribution is -2.44. The Morgan fingerprint density at radius 3 is 2.25 bits per heavy atom. The molecule has 0 atom stereocenters. The number of aryl methyl sites for hydroxylation is 2. The van der Waals surface area contributed by atoms with Crippen molar-refractivity contribution in [2.45, 2.75) is 31.8 Å². The first-order valence-electron chi connectivity index (χ1n) is 9.68. The molecule has 6 nitrogen and oxygen atoms in total. The highest BCUT2D eigenvalue weighted by Crippen LogP contribution is 2.20. The molecule has 0 bridgehead atoms. The third-order valence-electron chi connectivity index (χ3n) is 5.20. The summed E-state index contributed by atoms with van der Waals surface area (Å²) in [5.41, 5.74) is 5.04. The number of nitrogens with one attached hydrogen (secondary N) is 1. The molecule has 1 aliphatic heterocycles. The molecule has 0 aliphatic carbocycles. The van der Waals surface area contributed by atoms with Gasteiger partial charge in [-0.15, -0.1) is 0 Å². The Labute approximate surface area is 171 Å². The Morgan fingerprint density at radius 2 is 1.68 bits per heavy atom. The molecule has 2 aromatic rings. The van der Waals surface area contributed by atoms with E-state index in [0.717, 1.165) is 54.0 Å². The Morgan fingerprint density at radius 1 is 1.07 bits per heavy atom. The molecule has 150 valence electrons. The summed E-state index contributed by atoms with van der Waals surface area (Å²) in [5.74, 6) is 0.0140. The number of benzene rings is 1. The van der Waals surface area contributed by atoms with Gasteiger partial charge in [0.05, 0.1) is 0 Å². The van der Waals surface area contributed by atoms with Crippen LogP contribution in [0.25, 0.3) is 0 Å². The number of amides is 1. The molecule has 7 heteroatoms. The largest absolute Gasteiger partial charge is 0.369 e. The van der Waals surface area contributed by atoms with Crippen molar-refractivity contribution >= 4 is 29.0 Å². The molecule has 0 spiro atoms. The second-order valence-corrected chi connectivity index (χ2v) is 8.02. The molecule has 28 heavy (non-hydrogen) atoms. The number of aromatic nitrogens is 2. The van der Waals surface area contributed by atoms with E-state index in [1.807, 2.05) is 32.2 Å². The van der Waals surface area contributed by atoms with Gasteiger partial charge in [-0.25, -0.2) is 9.97 Å². The van der Waals surface area contributed by atoms with Crippen molar-refractivity contribution in [2.24, 2.45) is 0 Å². The summed E-state index contributed by atoms with van der Waals surface area (Å²) in [5, 5.41) is 3.78. The van der Waals surface area contributed by atoms with E-state index in [0.29, 0.717) is 12.8 Å². The number of thioether (sulfide) groups is 1. The summed E-state index contributed by atoms with van der Waals surface area (Å²) in [6, 6.07) is 8.14. The van der Waals surface area contributed by atoms with Crippen LogP contribution in [0.4, 0.5) is 11.4 Å². The average Bonchev–Trinajstić information content (AvgIpc) is 2.68. The topological polar surface area (TPSA) is 61.4 Å². The van der Waals surface area contributed by atoms with Gasteiger partial charge in [-0.2, -0.15) is 0 Å². The number of hydrogen-bond acceptors (Lipinski definition) is 6. The molecule has 1 aliphatic rings. The maximum absolute atomic E-state index is 12.4. The first kappa shape index (κ1) is 20.6. The normalized spacial score (nSPS) is 14.9. The van der Waals surface area contributed by atoms with E-state index >= 15 is 0 Å². The van der Waals surface area contributed by atoms with Crippen molar-refractivity contribution in [1.82, 2.24) is 14.9 Å². The predicted molar refractivity (Wildman–Crippen MR) is 116 cm³/mol. The van der Waals surface area contributed by atoms with Gasteiger partial charge in [0, 0.05) is 55.4 Å². The van der Waals surface area contributed by atoms with E-state index in [1.54, 1.807) is 0 Å². The van der Waals surface area contributed by atoms with Crippen LogP contribution in [0.1, 0.15) is 23.4 Å². The molecule has 0 saturated carbocycles. The summed E-state index contributed by atoms with van der Waals surface area (Å²) in [7, 11) is 2.15. The highest BCUT2D eigenvalue weighted by Gasteiger charge is 2.14. The van der Waals surface area contributed by atoms with Gasteiger partial charge in [0.25, 0.3) is 0 Å². The maximum Gasteiger partial charge on any atom is 0.224 e. The third kappa shape index (κ3) is 5.23. The zero-order chi connectivity index (χ0) is 20.1. The zero-order valence-corrected chi connectivity index (χ0v) is 18.0. The standard InChI is InChI=1S/C21H29N5OS/c1-15-19(16(2)23-21(22-15)28-4)9-10-20(27)24-17-5-7-18(8-6-17)26-13-11-25(3)12-14-26/h5-8H,9-14H2,1-4H3,(H,24,27).